The molecule has 1 aromatic heterocycles. The van der Waals surface area contributed by atoms with E-state index in [1.54, 1.807) is 0 Å². The summed E-state index contributed by atoms with van der Waals surface area (Å²) in [6.45, 7) is 0. The molecule has 0 aliphatic rings. The van der Waals surface area contributed by atoms with Crippen LogP contribution in [0.3, 0.4) is 0 Å². The van der Waals surface area contributed by atoms with Gasteiger partial charge in [-0.3, -0.25) is 0 Å². The molecule has 0 unspecified atom stereocenters. The van der Waals surface area contributed by atoms with Crippen molar-refractivity contribution in [2.75, 3.05) is 4.90 Å². The number of aromatic nitrogens is 1. The molecule has 2 nitrogen and oxygen atoms in total. The fourth-order valence-electron chi connectivity index (χ4n) is 3.63. The van der Waals surface area contributed by atoms with Crippen molar-refractivity contribution < 1.29 is 0 Å². The molecular formula is C24H18N2. The van der Waals surface area contributed by atoms with E-state index >= 15 is 0 Å². The number of anilines is 3. The van der Waals surface area contributed by atoms with Crippen LogP contribution in [0.15, 0.2) is 103 Å². The van der Waals surface area contributed by atoms with Crippen LogP contribution in [0.2, 0.25) is 0 Å². The first-order valence-corrected chi connectivity index (χ1v) is 8.81. The second-order valence-corrected chi connectivity index (χ2v) is 6.38. The summed E-state index contributed by atoms with van der Waals surface area (Å²) in [5.41, 5.74) is 5.75. The molecule has 0 saturated carbocycles. The highest BCUT2D eigenvalue weighted by molar-refractivity contribution is 6.12. The zero-order chi connectivity index (χ0) is 17.3. The molecule has 4 aromatic carbocycles. The van der Waals surface area contributed by atoms with E-state index in [1.165, 1.54) is 10.8 Å². The van der Waals surface area contributed by atoms with E-state index < -0.39 is 0 Å². The summed E-state index contributed by atoms with van der Waals surface area (Å²) in [7, 11) is 0. The second kappa shape index (κ2) is 6.08. The largest absolute Gasteiger partial charge is 0.353 e. The number of benzene rings is 4. The highest BCUT2D eigenvalue weighted by Gasteiger charge is 2.16. The number of hydrogen-bond donors (Lipinski definition) is 1. The van der Waals surface area contributed by atoms with Crippen LogP contribution in [0.5, 0.6) is 0 Å². The molecule has 0 aliphatic heterocycles. The van der Waals surface area contributed by atoms with Gasteiger partial charge in [0.05, 0.1) is 11.2 Å². The summed E-state index contributed by atoms with van der Waals surface area (Å²) < 4.78 is 0. The van der Waals surface area contributed by atoms with E-state index in [9.17, 15) is 0 Å². The molecule has 5 aromatic rings. The quantitative estimate of drug-likeness (QED) is 0.385. The van der Waals surface area contributed by atoms with Crippen LogP contribution in [-0.2, 0) is 0 Å². The molecule has 26 heavy (non-hydrogen) atoms. The predicted octanol–water partition coefficient (Wildman–Crippen LogP) is 6.79. The Labute approximate surface area is 152 Å². The lowest BCUT2D eigenvalue weighted by Crippen LogP contribution is -2.10. The van der Waals surface area contributed by atoms with E-state index in [-0.39, 0.29) is 0 Å². The molecule has 0 amide bonds. The van der Waals surface area contributed by atoms with E-state index in [1.807, 2.05) is 0 Å². The summed E-state index contributed by atoms with van der Waals surface area (Å²) in [5, 5.41) is 2.50. The molecule has 0 bridgehead atoms. The molecular weight excluding hydrogens is 316 g/mol. The summed E-state index contributed by atoms with van der Waals surface area (Å²) in [6.07, 6.45) is 0. The second-order valence-electron chi connectivity index (χ2n) is 6.38. The predicted molar refractivity (Wildman–Crippen MR) is 110 cm³/mol. The number of rotatable bonds is 3. The van der Waals surface area contributed by atoms with Gasteiger partial charge in [0, 0.05) is 27.7 Å². The fraction of sp³-hybridized carbons (Fsp3) is 0. The molecule has 0 radical (unpaired) electrons. The molecule has 1 N–H and O–H groups in total. The first kappa shape index (κ1) is 14.8. The third-order valence-corrected chi connectivity index (χ3v) is 4.79. The van der Waals surface area contributed by atoms with Gasteiger partial charge < -0.3 is 9.88 Å². The van der Waals surface area contributed by atoms with Crippen molar-refractivity contribution in [3.8, 4) is 0 Å². The first-order chi connectivity index (χ1) is 12.9. The number of hydrogen-bond acceptors (Lipinski definition) is 1. The normalized spacial score (nSPS) is 11.1. The van der Waals surface area contributed by atoms with Crippen LogP contribution >= 0.6 is 0 Å². The molecule has 5 rings (SSSR count). The van der Waals surface area contributed by atoms with Crippen molar-refractivity contribution >= 4 is 38.9 Å². The fourth-order valence-corrected chi connectivity index (χ4v) is 3.63. The standard InChI is InChI=1S/C24H18N2/c1-3-10-18(11-4-1)26(19-12-5-2-6-13-19)23-17-9-15-21-20-14-7-8-16-22(20)25-24(21)23/h1-17,25H. The number of nitrogens with zero attached hydrogens (tertiary/aromatic N) is 1. The molecule has 2 heteroatoms. The molecule has 0 aliphatic carbocycles. The minimum absolute atomic E-state index is 1.14. The first-order valence-electron chi connectivity index (χ1n) is 8.81. The maximum atomic E-state index is 3.62. The average Bonchev–Trinajstić information content (AvgIpc) is 3.10. The number of fused-ring (bicyclic) bond motifs is 3. The van der Waals surface area contributed by atoms with Gasteiger partial charge in [0.15, 0.2) is 0 Å². The van der Waals surface area contributed by atoms with Gasteiger partial charge in [0.2, 0.25) is 0 Å². The highest BCUT2D eigenvalue weighted by Crippen LogP contribution is 2.39. The van der Waals surface area contributed by atoms with Crippen molar-refractivity contribution in [2.45, 2.75) is 0 Å². The summed E-state index contributed by atoms with van der Waals surface area (Å²) in [6, 6.07) is 36.0. The minimum atomic E-state index is 1.14. The van der Waals surface area contributed by atoms with E-state index in [4.69, 9.17) is 0 Å². The molecule has 0 spiro atoms. The summed E-state index contributed by atoms with van der Waals surface area (Å²) in [5.74, 6) is 0. The maximum absolute atomic E-state index is 3.62. The summed E-state index contributed by atoms with van der Waals surface area (Å²) in [4.78, 5) is 5.93. The summed E-state index contributed by atoms with van der Waals surface area (Å²) >= 11 is 0. The van der Waals surface area contributed by atoms with Gasteiger partial charge in [0.25, 0.3) is 0 Å². The van der Waals surface area contributed by atoms with Gasteiger partial charge in [0.1, 0.15) is 0 Å². The molecule has 0 atom stereocenters. The Morgan fingerprint density at radius 2 is 1.08 bits per heavy atom. The highest BCUT2D eigenvalue weighted by atomic mass is 15.1. The van der Waals surface area contributed by atoms with Crippen molar-refractivity contribution in [1.29, 1.82) is 0 Å². The van der Waals surface area contributed by atoms with Gasteiger partial charge in [-0.15, -0.1) is 0 Å². The van der Waals surface area contributed by atoms with Crippen LogP contribution in [-0.4, -0.2) is 4.98 Å². The van der Waals surface area contributed by atoms with Gasteiger partial charge >= 0.3 is 0 Å². The molecule has 124 valence electrons. The van der Waals surface area contributed by atoms with E-state index in [0.29, 0.717) is 0 Å². The van der Waals surface area contributed by atoms with Crippen molar-refractivity contribution in [2.24, 2.45) is 0 Å². The van der Waals surface area contributed by atoms with Crippen molar-refractivity contribution in [1.82, 2.24) is 4.98 Å². The van der Waals surface area contributed by atoms with E-state index in [0.717, 1.165) is 28.1 Å². The smallest absolute Gasteiger partial charge is 0.0709 e. The third-order valence-electron chi connectivity index (χ3n) is 4.79. The van der Waals surface area contributed by atoms with Gasteiger partial charge in [-0.25, -0.2) is 0 Å². The SMILES string of the molecule is c1ccc(N(c2ccccc2)c2cccc3c2[nH]c2ccccc23)cc1. The zero-order valence-electron chi connectivity index (χ0n) is 14.3. The maximum Gasteiger partial charge on any atom is 0.0709 e. The monoisotopic (exact) mass is 334 g/mol. The molecule has 0 fully saturated rings. The Kier molecular flexibility index (Phi) is 3.46. The number of H-pyrrole nitrogens is 1. The Morgan fingerprint density at radius 1 is 0.500 bits per heavy atom. The van der Waals surface area contributed by atoms with Crippen LogP contribution in [0, 0.1) is 0 Å². The third kappa shape index (κ3) is 2.35. The van der Waals surface area contributed by atoms with Crippen LogP contribution < -0.4 is 4.90 Å². The van der Waals surface area contributed by atoms with Crippen LogP contribution in [0.25, 0.3) is 21.8 Å². The van der Waals surface area contributed by atoms with Gasteiger partial charge in [-0.1, -0.05) is 66.7 Å². The van der Waals surface area contributed by atoms with Crippen LogP contribution in [0.4, 0.5) is 17.1 Å². The van der Waals surface area contributed by atoms with Gasteiger partial charge in [-0.2, -0.15) is 0 Å². The Morgan fingerprint density at radius 3 is 1.77 bits per heavy atom. The minimum Gasteiger partial charge on any atom is -0.353 e. The molecule has 0 saturated heterocycles. The van der Waals surface area contributed by atoms with Crippen LogP contribution in [0.1, 0.15) is 0 Å². The number of aromatic amines is 1. The van der Waals surface area contributed by atoms with Gasteiger partial charge in [-0.05, 0) is 36.4 Å². The van der Waals surface area contributed by atoms with Crippen molar-refractivity contribution in [3.05, 3.63) is 103 Å². The van der Waals surface area contributed by atoms with E-state index in [2.05, 4.69) is 113 Å². The lowest BCUT2D eigenvalue weighted by atomic mass is 10.1. The number of para-hydroxylation sites is 4. The lowest BCUT2D eigenvalue weighted by Gasteiger charge is -2.25. The molecule has 1 heterocycles. The Hall–Kier alpha value is -3.52. The Bertz CT molecular complexity index is 1130. The number of nitrogens with one attached hydrogen (secondary N) is 1. The topological polar surface area (TPSA) is 19.0 Å². The Balaban J connectivity index is 1.82. The zero-order valence-corrected chi connectivity index (χ0v) is 14.3. The average molecular weight is 334 g/mol. The lowest BCUT2D eigenvalue weighted by molar-refractivity contribution is 1.29. The van der Waals surface area contributed by atoms with Crippen molar-refractivity contribution in [3.63, 3.8) is 0 Å².